The summed E-state index contributed by atoms with van der Waals surface area (Å²) in [5.74, 6) is 0.114. The van der Waals surface area contributed by atoms with Crippen molar-refractivity contribution in [3.05, 3.63) is 46.3 Å². The van der Waals surface area contributed by atoms with Gasteiger partial charge in [0.15, 0.2) is 0 Å². The van der Waals surface area contributed by atoms with Gasteiger partial charge in [-0.15, -0.1) is 0 Å². The fourth-order valence-corrected chi connectivity index (χ4v) is 3.59. The van der Waals surface area contributed by atoms with Crippen molar-refractivity contribution < 1.29 is 19.1 Å². The van der Waals surface area contributed by atoms with Crippen LogP contribution in [0.4, 0.5) is 5.69 Å². The maximum atomic E-state index is 13.3. The van der Waals surface area contributed by atoms with Crippen molar-refractivity contribution in [2.45, 2.75) is 33.6 Å². The van der Waals surface area contributed by atoms with Gasteiger partial charge in [-0.1, -0.05) is 12.1 Å². The third-order valence-electron chi connectivity index (χ3n) is 4.78. The summed E-state index contributed by atoms with van der Waals surface area (Å²) in [5, 5.41) is 0. The second kappa shape index (κ2) is 7.23. The number of carbonyl (C=O) groups excluding carboxylic acids is 2. The molecule has 1 aliphatic heterocycles. The van der Waals surface area contributed by atoms with Crippen LogP contribution in [0.15, 0.2) is 18.2 Å². The van der Waals surface area contributed by atoms with E-state index in [1.54, 1.807) is 32.8 Å². The van der Waals surface area contributed by atoms with E-state index in [4.69, 9.17) is 9.47 Å². The van der Waals surface area contributed by atoms with Gasteiger partial charge in [0.25, 0.3) is 5.91 Å². The minimum atomic E-state index is -0.408. The molecule has 6 heteroatoms. The SMILES string of the molecule is CCOC(=O)c1c(C)[nH]c(C(=O)N2CCCc3cccc(OC)c32)c1C. The van der Waals surface area contributed by atoms with Crippen molar-refractivity contribution in [1.29, 1.82) is 0 Å². The first-order chi connectivity index (χ1) is 12.5. The lowest BCUT2D eigenvalue weighted by Gasteiger charge is -2.30. The molecule has 2 heterocycles. The summed E-state index contributed by atoms with van der Waals surface area (Å²) in [6.45, 7) is 6.22. The Kier molecular flexibility index (Phi) is 5.02. The van der Waals surface area contributed by atoms with Crippen LogP contribution in [-0.4, -0.2) is 37.1 Å². The number of aryl methyl sites for hydroxylation is 2. The minimum absolute atomic E-state index is 0.161. The van der Waals surface area contributed by atoms with E-state index in [2.05, 4.69) is 4.98 Å². The summed E-state index contributed by atoms with van der Waals surface area (Å²) >= 11 is 0. The zero-order valence-electron chi connectivity index (χ0n) is 15.6. The average Bonchev–Trinajstić information content (AvgIpc) is 2.94. The second-order valence-electron chi connectivity index (χ2n) is 6.37. The van der Waals surface area contributed by atoms with Gasteiger partial charge in [-0.2, -0.15) is 0 Å². The molecule has 1 aliphatic rings. The first-order valence-corrected chi connectivity index (χ1v) is 8.83. The molecule has 1 aromatic carbocycles. The predicted octanol–water partition coefficient (Wildman–Crippen LogP) is 3.41. The highest BCUT2D eigenvalue weighted by atomic mass is 16.5. The van der Waals surface area contributed by atoms with Gasteiger partial charge in [0.05, 0.1) is 25.0 Å². The van der Waals surface area contributed by atoms with Crippen molar-refractivity contribution in [1.82, 2.24) is 4.98 Å². The van der Waals surface area contributed by atoms with Crippen LogP contribution >= 0.6 is 0 Å². The van der Waals surface area contributed by atoms with Crippen LogP contribution in [0.5, 0.6) is 5.75 Å². The number of ether oxygens (including phenoxy) is 2. The molecule has 3 rings (SSSR count). The number of esters is 1. The number of para-hydroxylation sites is 1. The second-order valence-corrected chi connectivity index (χ2v) is 6.37. The van der Waals surface area contributed by atoms with Gasteiger partial charge >= 0.3 is 5.97 Å². The van der Waals surface area contributed by atoms with Gasteiger partial charge in [0.2, 0.25) is 0 Å². The van der Waals surface area contributed by atoms with Crippen LogP contribution in [0.3, 0.4) is 0 Å². The number of H-pyrrole nitrogens is 1. The molecule has 6 nitrogen and oxygen atoms in total. The molecule has 1 N–H and O–H groups in total. The van der Waals surface area contributed by atoms with Crippen LogP contribution in [0.2, 0.25) is 0 Å². The lowest BCUT2D eigenvalue weighted by molar-refractivity contribution is 0.0525. The van der Waals surface area contributed by atoms with Gasteiger partial charge < -0.3 is 19.4 Å². The van der Waals surface area contributed by atoms with E-state index in [1.165, 1.54) is 0 Å². The molecule has 1 aromatic heterocycles. The highest BCUT2D eigenvalue weighted by Gasteiger charge is 2.30. The summed E-state index contributed by atoms with van der Waals surface area (Å²) < 4.78 is 10.6. The molecule has 26 heavy (non-hydrogen) atoms. The Bertz CT molecular complexity index is 839. The summed E-state index contributed by atoms with van der Waals surface area (Å²) in [6.07, 6.45) is 1.79. The first-order valence-electron chi connectivity index (χ1n) is 8.83. The molecule has 138 valence electrons. The molecule has 0 saturated carbocycles. The van der Waals surface area contributed by atoms with Crippen LogP contribution in [-0.2, 0) is 11.2 Å². The third kappa shape index (κ3) is 2.96. The van der Waals surface area contributed by atoms with Crippen LogP contribution in [0.1, 0.15) is 51.0 Å². The Labute approximate surface area is 153 Å². The Morgan fingerprint density at radius 3 is 2.73 bits per heavy atom. The van der Waals surface area contributed by atoms with Gasteiger partial charge in [-0.05, 0) is 50.8 Å². The molecule has 0 saturated heterocycles. The number of benzene rings is 1. The van der Waals surface area contributed by atoms with Crippen LogP contribution in [0, 0.1) is 13.8 Å². The topological polar surface area (TPSA) is 71.6 Å². The van der Waals surface area contributed by atoms with Crippen molar-refractivity contribution in [3.8, 4) is 5.75 Å². The molecule has 0 spiro atoms. The van der Waals surface area contributed by atoms with Crippen molar-refractivity contribution in [2.75, 3.05) is 25.2 Å². The molecule has 0 radical (unpaired) electrons. The molecular weight excluding hydrogens is 332 g/mol. The molecule has 0 bridgehead atoms. The zero-order chi connectivity index (χ0) is 18.8. The van der Waals surface area contributed by atoms with Crippen LogP contribution in [0.25, 0.3) is 0 Å². The smallest absolute Gasteiger partial charge is 0.340 e. The maximum Gasteiger partial charge on any atom is 0.340 e. The number of rotatable bonds is 4. The van der Waals surface area contributed by atoms with Gasteiger partial charge in [-0.3, -0.25) is 4.79 Å². The molecule has 1 amide bonds. The third-order valence-corrected chi connectivity index (χ3v) is 4.78. The Balaban J connectivity index is 2.03. The van der Waals surface area contributed by atoms with E-state index < -0.39 is 5.97 Å². The lowest BCUT2D eigenvalue weighted by Crippen LogP contribution is -2.36. The van der Waals surface area contributed by atoms with E-state index in [0.717, 1.165) is 24.1 Å². The Morgan fingerprint density at radius 1 is 1.27 bits per heavy atom. The molecule has 2 aromatic rings. The van der Waals surface area contributed by atoms with Gasteiger partial charge in [0.1, 0.15) is 11.4 Å². The van der Waals surface area contributed by atoms with E-state index in [-0.39, 0.29) is 5.91 Å². The number of carbonyl (C=O) groups is 2. The van der Waals surface area contributed by atoms with Gasteiger partial charge in [0, 0.05) is 12.2 Å². The number of aromatic amines is 1. The van der Waals surface area contributed by atoms with Crippen LogP contribution < -0.4 is 9.64 Å². The first kappa shape index (κ1) is 18.0. The molecule has 0 aliphatic carbocycles. The number of methoxy groups -OCH3 is 1. The highest BCUT2D eigenvalue weighted by Crippen LogP contribution is 2.37. The normalized spacial score (nSPS) is 13.3. The predicted molar refractivity (Wildman–Crippen MR) is 99.2 cm³/mol. The number of nitrogens with one attached hydrogen (secondary N) is 1. The number of fused-ring (bicyclic) bond motifs is 1. The number of hydrogen-bond acceptors (Lipinski definition) is 4. The van der Waals surface area contributed by atoms with Crippen molar-refractivity contribution in [3.63, 3.8) is 0 Å². The molecule has 0 atom stereocenters. The Hall–Kier alpha value is -2.76. The largest absolute Gasteiger partial charge is 0.495 e. The zero-order valence-corrected chi connectivity index (χ0v) is 15.6. The number of anilines is 1. The lowest BCUT2D eigenvalue weighted by atomic mass is 10.00. The Morgan fingerprint density at radius 2 is 2.04 bits per heavy atom. The number of amides is 1. The summed E-state index contributed by atoms with van der Waals surface area (Å²) in [6, 6.07) is 5.82. The average molecular weight is 356 g/mol. The van der Waals surface area contributed by atoms with Gasteiger partial charge in [-0.25, -0.2) is 4.79 Å². The quantitative estimate of drug-likeness (QED) is 0.852. The fourth-order valence-electron chi connectivity index (χ4n) is 3.59. The monoisotopic (exact) mass is 356 g/mol. The van der Waals surface area contributed by atoms with E-state index in [0.29, 0.717) is 41.4 Å². The summed E-state index contributed by atoms with van der Waals surface area (Å²) in [4.78, 5) is 30.3. The fraction of sp³-hybridized carbons (Fsp3) is 0.400. The molecule has 0 unspecified atom stereocenters. The molecule has 0 fully saturated rings. The summed E-state index contributed by atoms with van der Waals surface area (Å²) in [7, 11) is 1.61. The van der Waals surface area contributed by atoms with Crippen molar-refractivity contribution in [2.24, 2.45) is 0 Å². The van der Waals surface area contributed by atoms with E-state index >= 15 is 0 Å². The molecular formula is C20H24N2O4. The van der Waals surface area contributed by atoms with E-state index in [1.807, 2.05) is 18.2 Å². The van der Waals surface area contributed by atoms with Crippen molar-refractivity contribution >= 4 is 17.6 Å². The minimum Gasteiger partial charge on any atom is -0.495 e. The number of hydrogen-bond donors (Lipinski definition) is 1. The number of nitrogens with zero attached hydrogens (tertiary/aromatic N) is 1. The summed E-state index contributed by atoms with van der Waals surface area (Å²) in [5.41, 5.74) is 4.03. The number of aromatic nitrogens is 1. The maximum absolute atomic E-state index is 13.3. The van der Waals surface area contributed by atoms with E-state index in [9.17, 15) is 9.59 Å². The standard InChI is InChI=1S/C20H24N2O4/c1-5-26-20(24)16-12(2)17(21-13(16)3)19(23)22-11-7-9-14-8-6-10-15(25-4)18(14)22/h6,8,10,21H,5,7,9,11H2,1-4H3. The highest BCUT2D eigenvalue weighted by molar-refractivity contribution is 6.09.